The molecule has 0 heterocycles. The Bertz CT molecular complexity index is 573. The molecule has 152 valence electrons. The molecule has 0 amide bonds. The first-order valence-electron chi connectivity index (χ1n) is 11.5. The topological polar surface area (TPSA) is 37.3 Å². The van der Waals surface area contributed by atoms with Crippen molar-refractivity contribution in [2.45, 2.75) is 110 Å². The summed E-state index contributed by atoms with van der Waals surface area (Å²) >= 11 is 0. The molecule has 27 heavy (non-hydrogen) atoms. The molecule has 2 heteroatoms. The van der Waals surface area contributed by atoms with E-state index in [4.69, 9.17) is 0 Å². The maximum atomic E-state index is 11.1. The normalized spacial score (nSPS) is 36.9. The van der Waals surface area contributed by atoms with Crippen LogP contribution in [0, 0.1) is 17.3 Å². The number of aliphatic hydroxyl groups is 1. The Morgan fingerprint density at radius 2 is 1.96 bits per heavy atom. The zero-order chi connectivity index (χ0) is 19.3. The Morgan fingerprint density at radius 1 is 1.11 bits per heavy atom. The summed E-state index contributed by atoms with van der Waals surface area (Å²) < 4.78 is 0. The van der Waals surface area contributed by atoms with Crippen LogP contribution in [0.3, 0.4) is 0 Å². The molecule has 3 aliphatic carbocycles. The average Bonchev–Trinajstić information content (AvgIpc) is 2.96. The minimum absolute atomic E-state index is 0.112. The van der Waals surface area contributed by atoms with Crippen LogP contribution in [0.4, 0.5) is 0 Å². The van der Waals surface area contributed by atoms with Gasteiger partial charge in [-0.2, -0.15) is 0 Å². The highest BCUT2D eigenvalue weighted by Crippen LogP contribution is 2.58. The van der Waals surface area contributed by atoms with E-state index in [2.05, 4.69) is 19.1 Å². The van der Waals surface area contributed by atoms with Gasteiger partial charge in [-0.1, -0.05) is 43.1 Å². The Morgan fingerprint density at radius 3 is 2.74 bits per heavy atom. The second-order valence-electron chi connectivity index (χ2n) is 9.80. The van der Waals surface area contributed by atoms with E-state index in [-0.39, 0.29) is 6.10 Å². The second-order valence-corrected chi connectivity index (χ2v) is 9.80. The van der Waals surface area contributed by atoms with Crippen molar-refractivity contribution in [2.24, 2.45) is 17.3 Å². The van der Waals surface area contributed by atoms with Gasteiger partial charge in [0.2, 0.25) is 0 Å². The molecule has 0 aromatic carbocycles. The Balaban J connectivity index is 1.57. The molecule has 0 spiro atoms. The fraction of sp³-hybridized carbons (Fsp3) is 0.800. The van der Waals surface area contributed by atoms with Crippen LogP contribution in [0.1, 0.15) is 104 Å². The summed E-state index contributed by atoms with van der Waals surface area (Å²) in [5.41, 5.74) is 3.64. The molecule has 3 saturated carbocycles. The van der Waals surface area contributed by atoms with Gasteiger partial charge in [-0.15, -0.1) is 0 Å². The van der Waals surface area contributed by atoms with Crippen molar-refractivity contribution < 1.29 is 9.90 Å². The summed E-state index contributed by atoms with van der Waals surface area (Å²) in [7, 11) is 0. The maximum Gasteiger partial charge on any atom is 0.129 e. The quantitative estimate of drug-likeness (QED) is 0.516. The number of aliphatic hydroxyl groups excluding tert-OH is 1. The fourth-order valence-corrected chi connectivity index (χ4v) is 6.21. The van der Waals surface area contributed by atoms with Crippen molar-refractivity contribution in [1.82, 2.24) is 0 Å². The van der Waals surface area contributed by atoms with Crippen LogP contribution in [0.2, 0.25) is 0 Å². The molecule has 3 rings (SSSR count). The van der Waals surface area contributed by atoms with E-state index in [9.17, 15) is 9.90 Å². The van der Waals surface area contributed by atoms with E-state index in [1.54, 1.807) is 12.5 Å². The minimum atomic E-state index is -0.112. The Hall–Kier alpha value is -0.890. The van der Waals surface area contributed by atoms with Gasteiger partial charge in [-0.05, 0) is 94.8 Å². The van der Waals surface area contributed by atoms with Crippen molar-refractivity contribution in [2.75, 3.05) is 0 Å². The van der Waals surface area contributed by atoms with Crippen LogP contribution in [0.15, 0.2) is 23.3 Å². The first-order chi connectivity index (χ1) is 13.0. The van der Waals surface area contributed by atoms with Gasteiger partial charge in [-0.25, -0.2) is 0 Å². The molecule has 0 radical (unpaired) electrons. The number of fused-ring (bicyclic) bond motifs is 1. The Labute approximate surface area is 166 Å². The van der Waals surface area contributed by atoms with Gasteiger partial charge >= 0.3 is 0 Å². The fourth-order valence-electron chi connectivity index (χ4n) is 6.21. The lowest BCUT2D eigenvalue weighted by Gasteiger charge is -2.42. The molecule has 3 aliphatic rings. The molecule has 0 aromatic rings. The van der Waals surface area contributed by atoms with Crippen molar-refractivity contribution >= 4 is 5.78 Å². The van der Waals surface area contributed by atoms with Gasteiger partial charge in [0, 0.05) is 6.42 Å². The number of Topliss-reactive ketones (excluding diaryl/α,β-unsaturated/α-hetero) is 1. The molecule has 0 saturated heterocycles. The largest absolute Gasteiger partial charge is 0.393 e. The predicted octanol–water partition coefficient (Wildman–Crippen LogP) is 6.53. The summed E-state index contributed by atoms with van der Waals surface area (Å²) in [6.07, 6.45) is 21.3. The molecule has 4 unspecified atom stereocenters. The number of unbranched alkanes of at least 4 members (excludes halogenated alkanes) is 2. The van der Waals surface area contributed by atoms with Crippen molar-refractivity contribution in [3.63, 3.8) is 0 Å². The summed E-state index contributed by atoms with van der Waals surface area (Å²) in [6.45, 7) is 4.28. The predicted molar refractivity (Wildman–Crippen MR) is 113 cm³/mol. The highest BCUT2D eigenvalue weighted by Gasteiger charge is 2.48. The number of hydrogen-bond acceptors (Lipinski definition) is 2. The maximum absolute atomic E-state index is 11.1. The molecule has 3 fully saturated rings. The molecule has 4 atom stereocenters. The van der Waals surface area contributed by atoms with E-state index in [0.717, 1.165) is 43.9 Å². The van der Waals surface area contributed by atoms with Crippen LogP contribution in [0.5, 0.6) is 0 Å². The molecule has 1 N–H and O–H groups in total. The van der Waals surface area contributed by atoms with Gasteiger partial charge in [0.05, 0.1) is 6.10 Å². The monoisotopic (exact) mass is 372 g/mol. The minimum Gasteiger partial charge on any atom is -0.393 e. The zero-order valence-corrected chi connectivity index (χ0v) is 17.6. The smallest absolute Gasteiger partial charge is 0.129 e. The highest BCUT2D eigenvalue weighted by molar-refractivity contribution is 5.75. The lowest BCUT2D eigenvalue weighted by atomic mass is 9.62. The van der Waals surface area contributed by atoms with Crippen LogP contribution >= 0.6 is 0 Å². The highest BCUT2D eigenvalue weighted by atomic mass is 16.3. The number of allylic oxidation sites excluding steroid dienone is 3. The number of hydrogen-bond donors (Lipinski definition) is 1. The molecule has 2 nitrogen and oxygen atoms in total. The molecular weight excluding hydrogens is 332 g/mol. The SMILES string of the molecule is CC(=O)CCCCCC1CCC2/C(=C/C=C3/CCCC(O)C3)CCCC12C. The van der Waals surface area contributed by atoms with Crippen molar-refractivity contribution in [1.29, 1.82) is 0 Å². The van der Waals surface area contributed by atoms with Gasteiger partial charge in [-0.3, -0.25) is 0 Å². The van der Waals surface area contributed by atoms with Gasteiger partial charge in [0.1, 0.15) is 5.78 Å². The first kappa shape index (κ1) is 20.8. The van der Waals surface area contributed by atoms with Crippen LogP contribution in [-0.2, 0) is 4.79 Å². The third-order valence-electron chi connectivity index (χ3n) is 7.81. The van der Waals surface area contributed by atoms with Crippen LogP contribution < -0.4 is 0 Å². The van der Waals surface area contributed by atoms with Gasteiger partial charge in [0.15, 0.2) is 0 Å². The molecular formula is C25H40O2. The third-order valence-corrected chi connectivity index (χ3v) is 7.81. The standard InChI is InChI=1S/C25H40O2/c1-19(26)8-4-3-5-11-22-15-16-24-21(10-7-17-25(22,24)2)14-13-20-9-6-12-23(27)18-20/h13-14,22-24,27H,3-12,15-18H2,1-2H3/b20-13-,21-14+. The second kappa shape index (κ2) is 9.54. The molecule has 0 aliphatic heterocycles. The first-order valence-corrected chi connectivity index (χ1v) is 11.5. The lowest BCUT2D eigenvalue weighted by molar-refractivity contribution is -0.117. The van der Waals surface area contributed by atoms with E-state index >= 15 is 0 Å². The summed E-state index contributed by atoms with van der Waals surface area (Å²) in [6, 6.07) is 0. The number of carbonyl (C=O) groups is 1. The summed E-state index contributed by atoms with van der Waals surface area (Å²) in [5, 5.41) is 9.91. The Kier molecular flexibility index (Phi) is 7.36. The van der Waals surface area contributed by atoms with E-state index in [1.807, 2.05) is 0 Å². The molecule has 0 aromatic heterocycles. The number of ketones is 1. The zero-order valence-electron chi connectivity index (χ0n) is 17.6. The van der Waals surface area contributed by atoms with Crippen molar-refractivity contribution in [3.8, 4) is 0 Å². The van der Waals surface area contributed by atoms with Gasteiger partial charge < -0.3 is 9.90 Å². The van der Waals surface area contributed by atoms with Crippen LogP contribution in [-0.4, -0.2) is 17.0 Å². The molecule has 0 bridgehead atoms. The lowest BCUT2D eigenvalue weighted by Crippen LogP contribution is -2.33. The third kappa shape index (κ3) is 5.34. The van der Waals surface area contributed by atoms with Crippen molar-refractivity contribution in [3.05, 3.63) is 23.3 Å². The van der Waals surface area contributed by atoms with E-state index < -0.39 is 0 Å². The van der Waals surface area contributed by atoms with E-state index in [1.165, 1.54) is 63.4 Å². The average molecular weight is 373 g/mol. The van der Waals surface area contributed by atoms with E-state index in [0.29, 0.717) is 11.2 Å². The van der Waals surface area contributed by atoms with Gasteiger partial charge in [0.25, 0.3) is 0 Å². The number of rotatable bonds is 7. The number of carbonyl (C=O) groups excluding carboxylic acids is 1. The summed E-state index contributed by atoms with van der Waals surface area (Å²) in [5.74, 6) is 1.98. The van der Waals surface area contributed by atoms with Crippen LogP contribution in [0.25, 0.3) is 0 Å². The summed E-state index contributed by atoms with van der Waals surface area (Å²) in [4.78, 5) is 11.1.